The van der Waals surface area contributed by atoms with Gasteiger partial charge in [0.1, 0.15) is 17.8 Å². The average Bonchev–Trinajstić information content (AvgIpc) is 2.82. The summed E-state index contributed by atoms with van der Waals surface area (Å²) in [5, 5.41) is 60.6. The van der Waals surface area contributed by atoms with Gasteiger partial charge < -0.3 is 40.1 Å². The Bertz CT molecular complexity index is 573. The van der Waals surface area contributed by atoms with Gasteiger partial charge in [0.25, 0.3) is 5.60 Å². The molecule has 2 atom stereocenters. The predicted molar refractivity (Wildman–Crippen MR) is 116 cm³/mol. The quantitative estimate of drug-likeness (QED) is 0.0712. The van der Waals surface area contributed by atoms with Crippen molar-refractivity contribution in [2.45, 2.75) is 82.0 Å². The van der Waals surface area contributed by atoms with Crippen LogP contribution >= 0.6 is 0 Å². The van der Waals surface area contributed by atoms with E-state index in [9.17, 15) is 39.9 Å². The zero-order chi connectivity index (χ0) is 25.5. The summed E-state index contributed by atoms with van der Waals surface area (Å²) in [6, 6.07) is 0. The van der Waals surface area contributed by atoms with Crippen molar-refractivity contribution in [3.05, 3.63) is 0 Å². The summed E-state index contributed by atoms with van der Waals surface area (Å²) in [6.45, 7) is 0.229. The van der Waals surface area contributed by atoms with E-state index in [0.29, 0.717) is 25.7 Å². The number of ether oxygens (including phenoxy) is 2. The van der Waals surface area contributed by atoms with Crippen LogP contribution in [0, 0.1) is 0 Å². The van der Waals surface area contributed by atoms with Gasteiger partial charge in [-0.2, -0.15) is 0 Å². The van der Waals surface area contributed by atoms with Crippen molar-refractivity contribution in [1.82, 2.24) is 0 Å². The maximum absolute atomic E-state index is 13.2. The Hall–Kier alpha value is -1.47. The van der Waals surface area contributed by atoms with E-state index in [-0.39, 0.29) is 45.5 Å². The monoisotopic (exact) mass is 480 g/mol. The largest absolute Gasteiger partial charge is 0.460 e. The number of hydrogen-bond donors (Lipinski definition) is 6. The first-order valence-electron chi connectivity index (χ1n) is 11.4. The standard InChI is InChI=1S/C22H40O11/c1-3-5-7-9-20(29,15-24)17(26)22(31,19(28)33-14-13-32-12-11-23)18(27)21(30,16-25)10-8-6-4-2/h23-25,29-31H,3-16H2,1-2H3. The zero-order valence-electron chi connectivity index (χ0n) is 19.6. The highest BCUT2D eigenvalue weighted by Gasteiger charge is 2.63. The fourth-order valence-corrected chi connectivity index (χ4v) is 3.29. The molecule has 2 unspecified atom stereocenters. The summed E-state index contributed by atoms with van der Waals surface area (Å²) < 4.78 is 9.72. The zero-order valence-corrected chi connectivity index (χ0v) is 19.6. The Morgan fingerprint density at radius 2 is 1.15 bits per heavy atom. The summed E-state index contributed by atoms with van der Waals surface area (Å²) in [6.07, 6.45) is 2.31. The smallest absolute Gasteiger partial charge is 0.354 e. The number of hydrogen-bond acceptors (Lipinski definition) is 11. The molecule has 0 aliphatic carbocycles. The van der Waals surface area contributed by atoms with Crippen LogP contribution in [-0.2, 0) is 23.9 Å². The molecule has 0 radical (unpaired) electrons. The van der Waals surface area contributed by atoms with Gasteiger partial charge in [0, 0.05) is 0 Å². The third-order valence-electron chi connectivity index (χ3n) is 5.41. The van der Waals surface area contributed by atoms with Gasteiger partial charge in [-0.15, -0.1) is 0 Å². The van der Waals surface area contributed by atoms with Crippen LogP contribution in [0.1, 0.15) is 65.2 Å². The van der Waals surface area contributed by atoms with Crippen molar-refractivity contribution in [3.8, 4) is 0 Å². The fraction of sp³-hybridized carbons (Fsp3) is 0.864. The van der Waals surface area contributed by atoms with Gasteiger partial charge >= 0.3 is 5.97 Å². The van der Waals surface area contributed by atoms with E-state index in [1.54, 1.807) is 0 Å². The summed E-state index contributed by atoms with van der Waals surface area (Å²) in [5.74, 6) is -5.24. The molecule has 0 aromatic carbocycles. The Labute approximate surface area is 194 Å². The third-order valence-corrected chi connectivity index (χ3v) is 5.41. The third kappa shape index (κ3) is 8.67. The summed E-state index contributed by atoms with van der Waals surface area (Å²) >= 11 is 0. The highest BCUT2D eigenvalue weighted by atomic mass is 16.6. The van der Waals surface area contributed by atoms with Crippen molar-refractivity contribution in [3.63, 3.8) is 0 Å². The average molecular weight is 481 g/mol. The highest BCUT2D eigenvalue weighted by Crippen LogP contribution is 2.30. The first kappa shape index (κ1) is 31.5. The van der Waals surface area contributed by atoms with Crippen molar-refractivity contribution < 1.29 is 54.5 Å². The fourth-order valence-electron chi connectivity index (χ4n) is 3.29. The minimum absolute atomic E-state index is 0.0664. The molecular formula is C22H40O11. The molecule has 6 N–H and O–H groups in total. The SMILES string of the molecule is CCCCCC(O)(CO)C(=O)C(O)(C(=O)OCCOCCO)C(=O)C(O)(CO)CCCCC. The molecule has 0 rings (SSSR count). The first-order chi connectivity index (χ1) is 15.5. The highest BCUT2D eigenvalue weighted by molar-refractivity contribution is 6.29. The second-order valence-corrected chi connectivity index (χ2v) is 8.13. The van der Waals surface area contributed by atoms with Crippen molar-refractivity contribution in [2.24, 2.45) is 0 Å². The van der Waals surface area contributed by atoms with E-state index in [2.05, 4.69) is 0 Å². The van der Waals surface area contributed by atoms with Gasteiger partial charge in [0.05, 0.1) is 33.0 Å². The Morgan fingerprint density at radius 3 is 1.52 bits per heavy atom. The maximum atomic E-state index is 13.2. The topological polar surface area (TPSA) is 191 Å². The van der Waals surface area contributed by atoms with Gasteiger partial charge in [0.15, 0.2) is 0 Å². The lowest BCUT2D eigenvalue weighted by Gasteiger charge is -2.36. The number of Topliss-reactive ketones (excluding diaryl/α,β-unsaturated/α-hetero) is 2. The van der Waals surface area contributed by atoms with E-state index in [1.165, 1.54) is 0 Å². The van der Waals surface area contributed by atoms with Crippen LogP contribution < -0.4 is 0 Å². The number of rotatable bonds is 20. The number of unbranched alkanes of at least 4 members (excludes halogenated alkanes) is 4. The molecule has 0 bridgehead atoms. The summed E-state index contributed by atoms with van der Waals surface area (Å²) in [5.41, 5.74) is -9.00. The van der Waals surface area contributed by atoms with E-state index >= 15 is 0 Å². The second-order valence-electron chi connectivity index (χ2n) is 8.13. The minimum Gasteiger partial charge on any atom is -0.460 e. The van der Waals surface area contributed by atoms with Crippen molar-refractivity contribution >= 4 is 17.5 Å². The molecule has 0 aliphatic rings. The van der Waals surface area contributed by atoms with Gasteiger partial charge in [-0.25, -0.2) is 4.79 Å². The molecule has 11 nitrogen and oxygen atoms in total. The number of carbonyl (C=O) groups is 3. The molecule has 0 spiro atoms. The number of carbonyl (C=O) groups excluding carboxylic acids is 3. The molecule has 0 heterocycles. The summed E-state index contributed by atoms with van der Waals surface area (Å²) in [4.78, 5) is 39.1. The maximum Gasteiger partial charge on any atom is 0.354 e. The molecule has 0 aromatic rings. The molecule has 0 aromatic heterocycles. The Balaban J connectivity index is 6.07. The molecule has 0 aliphatic heterocycles. The lowest BCUT2D eigenvalue weighted by Crippen LogP contribution is -2.68. The molecule has 0 fully saturated rings. The van der Waals surface area contributed by atoms with Crippen LogP contribution in [0.4, 0.5) is 0 Å². The normalized spacial score (nSPS) is 17.0. The van der Waals surface area contributed by atoms with Crippen molar-refractivity contribution in [1.29, 1.82) is 0 Å². The molecule has 0 saturated carbocycles. The summed E-state index contributed by atoms with van der Waals surface area (Å²) in [7, 11) is 0. The minimum atomic E-state index is -3.68. The van der Waals surface area contributed by atoms with Gasteiger partial charge in [-0.3, -0.25) is 9.59 Å². The Kier molecular flexibility index (Phi) is 14.7. The number of aliphatic hydroxyl groups excluding tert-OH is 3. The first-order valence-corrected chi connectivity index (χ1v) is 11.4. The van der Waals surface area contributed by atoms with Crippen LogP contribution in [0.2, 0.25) is 0 Å². The number of ketones is 2. The van der Waals surface area contributed by atoms with Crippen LogP contribution in [0.5, 0.6) is 0 Å². The predicted octanol–water partition coefficient (Wildman–Crippen LogP) is -0.985. The second kappa shape index (κ2) is 15.4. The van der Waals surface area contributed by atoms with Crippen LogP contribution in [0.15, 0.2) is 0 Å². The molecular weight excluding hydrogens is 440 g/mol. The lowest BCUT2D eigenvalue weighted by molar-refractivity contribution is -0.192. The van der Waals surface area contributed by atoms with Crippen molar-refractivity contribution in [2.75, 3.05) is 39.6 Å². The van der Waals surface area contributed by atoms with Crippen LogP contribution in [-0.4, -0.2) is 105 Å². The molecule has 0 amide bonds. The van der Waals surface area contributed by atoms with E-state index in [0.717, 1.165) is 0 Å². The van der Waals surface area contributed by atoms with Crippen LogP contribution in [0.25, 0.3) is 0 Å². The van der Waals surface area contributed by atoms with Gasteiger partial charge in [0.2, 0.25) is 11.6 Å². The lowest BCUT2D eigenvalue weighted by atomic mass is 9.74. The van der Waals surface area contributed by atoms with E-state index in [1.807, 2.05) is 13.8 Å². The molecule has 0 saturated heterocycles. The molecule has 33 heavy (non-hydrogen) atoms. The molecule has 194 valence electrons. The number of esters is 1. The van der Waals surface area contributed by atoms with Crippen LogP contribution in [0.3, 0.4) is 0 Å². The van der Waals surface area contributed by atoms with Gasteiger partial charge in [-0.1, -0.05) is 52.4 Å². The molecule has 11 heteroatoms. The van der Waals surface area contributed by atoms with Gasteiger partial charge in [-0.05, 0) is 12.8 Å². The number of aliphatic hydroxyl groups is 6. The van der Waals surface area contributed by atoms with E-state index < -0.39 is 54.2 Å². The van der Waals surface area contributed by atoms with E-state index in [4.69, 9.17) is 14.6 Å². The Morgan fingerprint density at radius 1 is 0.697 bits per heavy atom.